The van der Waals surface area contributed by atoms with Crippen LogP contribution in [-0.4, -0.2) is 24.3 Å². The molecular weight excluding hydrogens is 288 g/mol. The highest BCUT2D eigenvalue weighted by Gasteiger charge is 2.45. The molecule has 0 spiro atoms. The molecule has 0 bridgehead atoms. The van der Waals surface area contributed by atoms with E-state index in [0.29, 0.717) is 25.7 Å². The molecule has 3 rings (SSSR count). The van der Waals surface area contributed by atoms with Gasteiger partial charge in [-0.3, -0.25) is 4.79 Å². The summed E-state index contributed by atoms with van der Waals surface area (Å²) in [7, 11) is 1.43. The molecule has 2 aromatic rings. The maximum absolute atomic E-state index is 12.3. The molecule has 3 heteroatoms. The van der Waals surface area contributed by atoms with Gasteiger partial charge >= 0.3 is 5.97 Å². The first-order valence-electron chi connectivity index (χ1n) is 8.04. The van der Waals surface area contributed by atoms with Crippen molar-refractivity contribution >= 4 is 5.97 Å². The fourth-order valence-electron chi connectivity index (χ4n) is 3.61. The lowest BCUT2D eigenvalue weighted by Crippen LogP contribution is -2.32. The van der Waals surface area contributed by atoms with E-state index in [4.69, 9.17) is 4.74 Å². The Morgan fingerprint density at radius 1 is 1.17 bits per heavy atom. The number of hydrogen-bond acceptors (Lipinski definition) is 3. The van der Waals surface area contributed by atoms with Gasteiger partial charge in [0.05, 0.1) is 18.6 Å². The summed E-state index contributed by atoms with van der Waals surface area (Å²) < 4.78 is 5.02. The molecule has 3 nitrogen and oxygen atoms in total. The zero-order valence-corrected chi connectivity index (χ0v) is 13.4. The first-order chi connectivity index (χ1) is 11.1. The normalized spacial score (nSPS) is 23.7. The third-order valence-corrected chi connectivity index (χ3v) is 4.78. The molecule has 0 heterocycles. The summed E-state index contributed by atoms with van der Waals surface area (Å²) in [6, 6.07) is 18.5. The van der Waals surface area contributed by atoms with Gasteiger partial charge in [-0.15, -0.1) is 0 Å². The minimum absolute atomic E-state index is 0.209. The molecule has 0 saturated heterocycles. The van der Waals surface area contributed by atoms with Crippen LogP contribution in [-0.2, 0) is 16.0 Å². The number of methoxy groups -OCH3 is 1. The largest absolute Gasteiger partial charge is 0.469 e. The van der Waals surface area contributed by atoms with Crippen molar-refractivity contribution in [2.24, 2.45) is 5.41 Å². The third-order valence-electron chi connectivity index (χ3n) is 4.78. The van der Waals surface area contributed by atoms with E-state index in [0.717, 1.165) is 16.7 Å². The molecule has 2 atom stereocenters. The monoisotopic (exact) mass is 310 g/mol. The van der Waals surface area contributed by atoms with Crippen molar-refractivity contribution in [1.29, 1.82) is 0 Å². The molecule has 2 aromatic carbocycles. The molecule has 1 N–H and O–H groups in total. The van der Waals surface area contributed by atoms with Crippen molar-refractivity contribution in [2.45, 2.75) is 31.8 Å². The average molecular weight is 310 g/mol. The van der Waals surface area contributed by atoms with Crippen LogP contribution < -0.4 is 0 Å². The highest BCUT2D eigenvalue weighted by molar-refractivity contribution is 5.78. The van der Waals surface area contributed by atoms with E-state index in [1.54, 1.807) is 0 Å². The Bertz CT molecular complexity index is 680. The van der Waals surface area contributed by atoms with Crippen LogP contribution in [0.2, 0.25) is 0 Å². The summed E-state index contributed by atoms with van der Waals surface area (Å²) in [5, 5.41) is 9.91. The molecule has 0 aliphatic heterocycles. The predicted molar refractivity (Wildman–Crippen MR) is 89.9 cm³/mol. The van der Waals surface area contributed by atoms with Gasteiger partial charge in [0.15, 0.2) is 0 Å². The maximum Gasteiger partial charge on any atom is 0.312 e. The summed E-state index contributed by atoms with van der Waals surface area (Å²) in [5.41, 5.74) is 2.81. The van der Waals surface area contributed by atoms with Crippen molar-refractivity contribution in [3.05, 3.63) is 60.2 Å². The van der Waals surface area contributed by atoms with Crippen molar-refractivity contribution in [3.63, 3.8) is 0 Å². The molecule has 1 aliphatic rings. The highest BCUT2D eigenvalue weighted by Crippen LogP contribution is 2.42. The van der Waals surface area contributed by atoms with Gasteiger partial charge in [-0.2, -0.15) is 0 Å². The molecule has 1 aliphatic carbocycles. The lowest BCUT2D eigenvalue weighted by molar-refractivity contribution is -0.152. The van der Waals surface area contributed by atoms with E-state index >= 15 is 0 Å². The van der Waals surface area contributed by atoms with Crippen molar-refractivity contribution in [3.8, 4) is 11.1 Å². The number of benzene rings is 2. The van der Waals surface area contributed by atoms with E-state index in [9.17, 15) is 9.90 Å². The fraction of sp³-hybridized carbons (Fsp3) is 0.350. The van der Waals surface area contributed by atoms with Crippen molar-refractivity contribution < 1.29 is 14.6 Å². The summed E-state index contributed by atoms with van der Waals surface area (Å²) in [6.45, 7) is 0. The van der Waals surface area contributed by atoms with Crippen LogP contribution >= 0.6 is 0 Å². The number of esters is 1. The van der Waals surface area contributed by atoms with Crippen LogP contribution in [0.1, 0.15) is 24.8 Å². The summed E-state index contributed by atoms with van der Waals surface area (Å²) in [6.07, 6.45) is 2.02. The highest BCUT2D eigenvalue weighted by atomic mass is 16.5. The first kappa shape index (κ1) is 15.8. The number of hydrogen-bond donors (Lipinski definition) is 1. The van der Waals surface area contributed by atoms with Gasteiger partial charge in [0.1, 0.15) is 0 Å². The molecule has 1 fully saturated rings. The third kappa shape index (κ3) is 3.30. The number of aliphatic hydroxyl groups excluding tert-OH is 1. The molecule has 0 aromatic heterocycles. The minimum atomic E-state index is -0.594. The van der Waals surface area contributed by atoms with E-state index in [1.807, 2.05) is 30.3 Å². The summed E-state index contributed by atoms with van der Waals surface area (Å²) in [4.78, 5) is 12.3. The molecular formula is C20H22O3. The van der Waals surface area contributed by atoms with Gasteiger partial charge in [0.25, 0.3) is 0 Å². The zero-order chi connectivity index (χ0) is 16.3. The van der Waals surface area contributed by atoms with E-state index in [-0.39, 0.29) is 5.97 Å². The predicted octanol–water partition coefficient (Wildman–Crippen LogP) is 3.60. The van der Waals surface area contributed by atoms with Gasteiger partial charge < -0.3 is 9.84 Å². The molecule has 1 saturated carbocycles. The van der Waals surface area contributed by atoms with Crippen molar-refractivity contribution in [1.82, 2.24) is 0 Å². The minimum Gasteiger partial charge on any atom is -0.469 e. The maximum atomic E-state index is 12.3. The van der Waals surface area contributed by atoms with Gasteiger partial charge in [0, 0.05) is 0 Å². The van der Waals surface area contributed by atoms with Gasteiger partial charge in [-0.25, -0.2) is 0 Å². The molecule has 23 heavy (non-hydrogen) atoms. The molecule has 0 radical (unpaired) electrons. The van der Waals surface area contributed by atoms with Crippen LogP contribution in [0.25, 0.3) is 11.1 Å². The number of rotatable bonds is 4. The summed E-state index contributed by atoms with van der Waals surface area (Å²) >= 11 is 0. The van der Waals surface area contributed by atoms with E-state index in [1.165, 1.54) is 7.11 Å². The Balaban J connectivity index is 1.88. The molecule has 0 amide bonds. The Labute approximate surface area is 136 Å². The SMILES string of the molecule is COC(=O)[C@@]1(Cc2cccc(-c3ccccc3)c2)CC[C@@H](O)C1. The van der Waals surface area contributed by atoms with Crippen LogP contribution in [0.5, 0.6) is 0 Å². The van der Waals surface area contributed by atoms with E-state index < -0.39 is 11.5 Å². The fourth-order valence-corrected chi connectivity index (χ4v) is 3.61. The number of aliphatic hydroxyl groups is 1. The summed E-state index contributed by atoms with van der Waals surface area (Å²) in [5.74, 6) is -0.209. The Morgan fingerprint density at radius 3 is 2.57 bits per heavy atom. The number of carbonyl (C=O) groups is 1. The second-order valence-corrected chi connectivity index (χ2v) is 6.41. The van der Waals surface area contributed by atoms with Gasteiger partial charge in [-0.05, 0) is 42.4 Å². The first-order valence-corrected chi connectivity index (χ1v) is 8.04. The molecule has 0 unspecified atom stereocenters. The van der Waals surface area contributed by atoms with Crippen molar-refractivity contribution in [2.75, 3.05) is 7.11 Å². The smallest absolute Gasteiger partial charge is 0.312 e. The number of ether oxygens (including phenoxy) is 1. The van der Waals surface area contributed by atoms with Crippen LogP contribution in [0, 0.1) is 5.41 Å². The Morgan fingerprint density at radius 2 is 1.91 bits per heavy atom. The van der Waals surface area contributed by atoms with E-state index in [2.05, 4.69) is 24.3 Å². The lowest BCUT2D eigenvalue weighted by atomic mass is 9.79. The topological polar surface area (TPSA) is 46.5 Å². The van der Waals surface area contributed by atoms with Crippen LogP contribution in [0.15, 0.2) is 54.6 Å². The second-order valence-electron chi connectivity index (χ2n) is 6.41. The van der Waals surface area contributed by atoms with Crippen LogP contribution in [0.3, 0.4) is 0 Å². The average Bonchev–Trinajstić information content (AvgIpc) is 2.97. The zero-order valence-electron chi connectivity index (χ0n) is 13.4. The Kier molecular flexibility index (Phi) is 4.49. The lowest BCUT2D eigenvalue weighted by Gasteiger charge is -2.26. The van der Waals surface area contributed by atoms with Crippen LogP contribution in [0.4, 0.5) is 0 Å². The van der Waals surface area contributed by atoms with Gasteiger partial charge in [0.2, 0.25) is 0 Å². The Hall–Kier alpha value is -2.13. The standard InChI is InChI=1S/C20H22O3/c1-23-19(22)20(11-10-18(21)14-20)13-15-6-5-9-17(12-15)16-7-3-2-4-8-16/h2-9,12,18,21H,10-11,13-14H2,1H3/t18-,20-/m1/s1. The molecule has 120 valence electrons. The second kappa shape index (κ2) is 6.55. The van der Waals surface area contributed by atoms with Gasteiger partial charge in [-0.1, -0.05) is 54.6 Å². The quantitative estimate of drug-likeness (QED) is 0.878. The number of carbonyl (C=O) groups excluding carboxylic acids is 1.